The second kappa shape index (κ2) is 15.6. The highest BCUT2D eigenvalue weighted by molar-refractivity contribution is 7.52. The van der Waals surface area contributed by atoms with Gasteiger partial charge in [-0.15, -0.1) is 0 Å². The van der Waals surface area contributed by atoms with E-state index in [4.69, 9.17) is 32.7 Å². The third-order valence-electron chi connectivity index (χ3n) is 5.34. The molecule has 2 rings (SSSR count). The second-order valence-electron chi connectivity index (χ2n) is 9.56. The number of hydrogen-bond donors (Lipinski definition) is 2. The molecule has 42 heavy (non-hydrogen) atoms. The first-order chi connectivity index (χ1) is 19.6. The quantitative estimate of drug-likeness (QED) is 0.185. The third-order valence-corrected chi connectivity index (χ3v) is 6.98. The maximum absolute atomic E-state index is 13.9. The van der Waals surface area contributed by atoms with Gasteiger partial charge in [0, 0.05) is 27.7 Å². The fraction of sp³-hybridized carbons (Fsp3) is 0.577. The largest absolute Gasteiger partial charge is 0.462 e. The van der Waals surface area contributed by atoms with E-state index in [9.17, 15) is 28.5 Å². The Hall–Kier alpha value is -3.52. The van der Waals surface area contributed by atoms with Crippen LogP contribution in [-0.4, -0.2) is 79.2 Å². The normalized spacial score (nSPS) is 24.0. The zero-order valence-corrected chi connectivity index (χ0v) is 25.3. The van der Waals surface area contributed by atoms with Crippen LogP contribution in [0.1, 0.15) is 48.5 Å². The molecule has 1 aliphatic heterocycles. The summed E-state index contributed by atoms with van der Waals surface area (Å²) in [7, 11) is -4.41. The molecule has 2 N–H and O–H groups in total. The fourth-order valence-corrected chi connectivity index (χ4v) is 5.36. The van der Waals surface area contributed by atoms with Crippen LogP contribution >= 0.6 is 7.75 Å². The lowest BCUT2D eigenvalue weighted by atomic mass is 9.96. The molecule has 2 unspecified atom stereocenters. The highest BCUT2D eigenvalue weighted by Crippen LogP contribution is 2.45. The Balaban J connectivity index is 2.45. The van der Waals surface area contributed by atoms with Gasteiger partial charge in [-0.3, -0.25) is 28.5 Å². The predicted molar refractivity (Wildman–Crippen MR) is 144 cm³/mol. The molecule has 1 aromatic rings. The van der Waals surface area contributed by atoms with E-state index in [1.807, 2.05) is 0 Å². The summed E-state index contributed by atoms with van der Waals surface area (Å²) < 4.78 is 52.2. The zero-order valence-electron chi connectivity index (χ0n) is 24.4. The van der Waals surface area contributed by atoms with E-state index < -0.39 is 86.9 Å². The molecule has 1 aliphatic rings. The molecule has 1 saturated heterocycles. The number of hydrogen-bond acceptors (Lipinski definition) is 13. The Bertz CT molecular complexity index is 1160. The number of carbonyl (C=O) groups is 5. The molecule has 7 atom stereocenters. The van der Waals surface area contributed by atoms with Crippen LogP contribution in [0.15, 0.2) is 30.3 Å². The average Bonchev–Trinajstić information content (AvgIpc) is 2.85. The number of esters is 4. The summed E-state index contributed by atoms with van der Waals surface area (Å²) in [6, 6.07) is 5.47. The molecular weight excluding hydrogens is 579 g/mol. The van der Waals surface area contributed by atoms with Crippen molar-refractivity contribution in [3.63, 3.8) is 0 Å². The van der Waals surface area contributed by atoms with Crippen LogP contribution < -0.4 is 14.9 Å². The SMILES string of the molecule is CC(=O)N[C@@H]1C(OC(C)=O)O[C@H](COP(=O)(N[C@@H](C)C(=O)OC(C)C)Oc2ccccc2)[C@@H](OC(C)=O)[C@@H]1OC(C)=O. The van der Waals surface area contributed by atoms with Crippen LogP contribution in [0.5, 0.6) is 5.75 Å². The Kier molecular flexibility index (Phi) is 12.9. The van der Waals surface area contributed by atoms with E-state index in [-0.39, 0.29) is 5.75 Å². The Morgan fingerprint density at radius 3 is 1.98 bits per heavy atom. The smallest absolute Gasteiger partial charge is 0.459 e. The van der Waals surface area contributed by atoms with Gasteiger partial charge in [-0.05, 0) is 32.9 Å². The number of para-hydroxylation sites is 1. The van der Waals surface area contributed by atoms with Crippen molar-refractivity contribution < 1.29 is 61.3 Å². The zero-order chi connectivity index (χ0) is 31.6. The van der Waals surface area contributed by atoms with Crippen LogP contribution in [0, 0.1) is 0 Å². The third kappa shape index (κ3) is 11.0. The number of nitrogens with one attached hydrogen (secondary N) is 2. The van der Waals surface area contributed by atoms with Crippen molar-refractivity contribution in [2.45, 2.75) is 91.3 Å². The van der Waals surface area contributed by atoms with Gasteiger partial charge in [0.2, 0.25) is 12.2 Å². The van der Waals surface area contributed by atoms with Gasteiger partial charge in [0.05, 0.1) is 12.7 Å². The van der Waals surface area contributed by atoms with Gasteiger partial charge in [0.1, 0.15) is 23.9 Å². The van der Waals surface area contributed by atoms with Crippen LogP contribution in [0.3, 0.4) is 0 Å². The summed E-state index contributed by atoms with van der Waals surface area (Å²) in [6.45, 7) is 8.43. The topological polar surface area (TPSA) is 191 Å². The minimum atomic E-state index is -4.41. The first-order valence-corrected chi connectivity index (χ1v) is 14.6. The van der Waals surface area contributed by atoms with Crippen molar-refractivity contribution >= 4 is 37.5 Å². The molecule has 16 heteroatoms. The van der Waals surface area contributed by atoms with Gasteiger partial charge >= 0.3 is 31.6 Å². The molecule has 0 saturated carbocycles. The van der Waals surface area contributed by atoms with Crippen molar-refractivity contribution in [3.8, 4) is 5.75 Å². The number of rotatable bonds is 13. The summed E-state index contributed by atoms with van der Waals surface area (Å²) in [5.41, 5.74) is 0. The molecule has 0 aliphatic carbocycles. The molecule has 0 bridgehead atoms. The van der Waals surface area contributed by atoms with Crippen molar-refractivity contribution in [2.24, 2.45) is 0 Å². The molecule has 1 amide bonds. The monoisotopic (exact) mass is 616 g/mol. The van der Waals surface area contributed by atoms with Gasteiger partial charge < -0.3 is 33.5 Å². The summed E-state index contributed by atoms with van der Waals surface area (Å²) in [5, 5.41) is 4.99. The highest BCUT2D eigenvalue weighted by Gasteiger charge is 2.52. The first-order valence-electron chi connectivity index (χ1n) is 13.0. The van der Waals surface area contributed by atoms with Gasteiger partial charge in [0.25, 0.3) is 0 Å². The fourth-order valence-electron chi connectivity index (χ4n) is 3.86. The van der Waals surface area contributed by atoms with Crippen LogP contribution in [0.4, 0.5) is 0 Å². The average molecular weight is 617 g/mol. The highest BCUT2D eigenvalue weighted by atomic mass is 31.2. The molecule has 0 radical (unpaired) electrons. The van der Waals surface area contributed by atoms with E-state index in [1.54, 1.807) is 32.0 Å². The Morgan fingerprint density at radius 2 is 1.45 bits per heavy atom. The molecular formula is C26H37N2O13P. The lowest BCUT2D eigenvalue weighted by Gasteiger charge is -2.44. The number of carbonyl (C=O) groups excluding carboxylic acids is 5. The predicted octanol–water partition coefficient (Wildman–Crippen LogP) is 1.78. The van der Waals surface area contributed by atoms with Gasteiger partial charge in [-0.2, -0.15) is 5.09 Å². The van der Waals surface area contributed by atoms with Gasteiger partial charge in [-0.1, -0.05) is 18.2 Å². The van der Waals surface area contributed by atoms with Crippen molar-refractivity contribution in [2.75, 3.05) is 6.61 Å². The number of benzene rings is 1. The maximum Gasteiger partial charge on any atom is 0.459 e. The van der Waals surface area contributed by atoms with E-state index in [0.717, 1.165) is 20.8 Å². The Labute approximate surface area is 243 Å². The molecule has 0 aromatic heterocycles. The van der Waals surface area contributed by atoms with Crippen molar-refractivity contribution in [1.82, 2.24) is 10.4 Å². The molecule has 1 aromatic carbocycles. The number of amides is 1. The van der Waals surface area contributed by atoms with Gasteiger partial charge in [0.15, 0.2) is 12.2 Å². The minimum absolute atomic E-state index is 0.125. The van der Waals surface area contributed by atoms with E-state index in [1.165, 1.54) is 26.0 Å². The summed E-state index contributed by atoms with van der Waals surface area (Å²) in [4.78, 5) is 60.3. The van der Waals surface area contributed by atoms with E-state index in [0.29, 0.717) is 0 Å². The summed E-state index contributed by atoms with van der Waals surface area (Å²) in [5.74, 6) is -3.64. The van der Waals surface area contributed by atoms with Crippen molar-refractivity contribution in [3.05, 3.63) is 30.3 Å². The summed E-state index contributed by atoms with van der Waals surface area (Å²) >= 11 is 0. The van der Waals surface area contributed by atoms with Crippen LogP contribution in [0.2, 0.25) is 0 Å². The second-order valence-corrected chi connectivity index (χ2v) is 11.3. The number of ether oxygens (including phenoxy) is 5. The lowest BCUT2D eigenvalue weighted by Crippen LogP contribution is -2.66. The van der Waals surface area contributed by atoms with Gasteiger partial charge in [-0.25, -0.2) is 4.57 Å². The Morgan fingerprint density at radius 1 is 0.881 bits per heavy atom. The molecule has 1 heterocycles. The van der Waals surface area contributed by atoms with E-state index >= 15 is 0 Å². The van der Waals surface area contributed by atoms with E-state index in [2.05, 4.69) is 10.4 Å². The minimum Gasteiger partial charge on any atom is -0.462 e. The van der Waals surface area contributed by atoms with Crippen LogP contribution in [-0.2, 0) is 56.7 Å². The van der Waals surface area contributed by atoms with Crippen molar-refractivity contribution in [1.29, 1.82) is 0 Å². The lowest BCUT2D eigenvalue weighted by molar-refractivity contribution is -0.268. The summed E-state index contributed by atoms with van der Waals surface area (Å²) in [6.07, 6.45) is -6.25. The molecule has 1 fully saturated rings. The standard InChI is InChI=1S/C26H37N2O13P/c1-14(2)36-25(33)15(3)28-42(34,41-20-11-9-8-10-12-20)35-13-21-23(37-17(5)30)24(38-18(6)31)22(27-16(4)29)26(40-21)39-19(7)32/h8-12,14-15,21-24,26H,13H2,1-7H3,(H,27,29)(H,28,34)/t15-,21+,22-,23+,24+,26?,42?/m0/s1. The molecule has 0 spiro atoms. The molecule has 234 valence electrons. The molecule has 15 nitrogen and oxygen atoms in total. The van der Waals surface area contributed by atoms with Crippen LogP contribution in [0.25, 0.3) is 0 Å². The first kappa shape index (κ1) is 34.7. The maximum atomic E-state index is 13.9.